The first kappa shape index (κ1) is 15.2. The highest BCUT2D eigenvalue weighted by Crippen LogP contribution is 2.39. The molecule has 0 saturated heterocycles. The van der Waals surface area contributed by atoms with Crippen LogP contribution >= 0.6 is 11.6 Å². The molecule has 3 rings (SSSR count). The zero-order valence-electron chi connectivity index (χ0n) is 12.4. The lowest BCUT2D eigenvalue weighted by molar-refractivity contribution is 0.355. The third-order valence-electron chi connectivity index (χ3n) is 3.25. The Kier molecular flexibility index (Phi) is 4.08. The van der Waals surface area contributed by atoms with E-state index in [1.54, 1.807) is 38.5 Å². The van der Waals surface area contributed by atoms with Gasteiger partial charge in [0, 0.05) is 6.07 Å². The summed E-state index contributed by atoms with van der Waals surface area (Å²) in [4.78, 5) is 8.33. The van der Waals surface area contributed by atoms with Crippen molar-refractivity contribution >= 4 is 22.5 Å². The topological polar surface area (TPSA) is 73.7 Å². The summed E-state index contributed by atoms with van der Waals surface area (Å²) in [5, 5.41) is 10.4. The first-order valence-electron chi connectivity index (χ1n) is 6.66. The van der Waals surface area contributed by atoms with Crippen molar-refractivity contribution in [1.82, 2.24) is 9.97 Å². The molecule has 0 radical (unpaired) electrons. The van der Waals surface area contributed by atoms with E-state index in [0.29, 0.717) is 34.0 Å². The molecule has 0 spiro atoms. The molecule has 0 atom stereocenters. The SMILES string of the molecule is COc1cc2ncnc(Oc3cccc(O)c3Cl)c2cc1OC. The van der Waals surface area contributed by atoms with Crippen LogP contribution in [0.4, 0.5) is 0 Å². The molecule has 7 heteroatoms. The summed E-state index contributed by atoms with van der Waals surface area (Å²) in [6.45, 7) is 0. The maximum atomic E-state index is 9.66. The second-order valence-electron chi connectivity index (χ2n) is 4.59. The summed E-state index contributed by atoms with van der Waals surface area (Å²) in [7, 11) is 3.09. The molecule has 0 aliphatic rings. The molecule has 23 heavy (non-hydrogen) atoms. The Morgan fingerprint density at radius 1 is 1.00 bits per heavy atom. The van der Waals surface area contributed by atoms with Crippen molar-refractivity contribution in [1.29, 1.82) is 0 Å². The number of phenolic OH excluding ortho intramolecular Hbond substituents is 1. The fourth-order valence-corrected chi connectivity index (χ4v) is 2.29. The zero-order valence-corrected chi connectivity index (χ0v) is 13.2. The summed E-state index contributed by atoms with van der Waals surface area (Å²) >= 11 is 6.04. The van der Waals surface area contributed by atoms with E-state index in [1.807, 2.05) is 0 Å². The van der Waals surface area contributed by atoms with Gasteiger partial charge in [-0.05, 0) is 18.2 Å². The van der Waals surface area contributed by atoms with Gasteiger partial charge in [0.25, 0.3) is 0 Å². The van der Waals surface area contributed by atoms with Crippen LogP contribution in [0.5, 0.6) is 28.9 Å². The molecule has 0 saturated carbocycles. The van der Waals surface area contributed by atoms with Crippen molar-refractivity contribution in [2.45, 2.75) is 0 Å². The number of rotatable bonds is 4. The van der Waals surface area contributed by atoms with Crippen LogP contribution in [0, 0.1) is 0 Å². The molecular weight excluding hydrogens is 320 g/mol. The third-order valence-corrected chi connectivity index (χ3v) is 3.63. The fraction of sp³-hybridized carbons (Fsp3) is 0.125. The van der Waals surface area contributed by atoms with Crippen LogP contribution in [0.15, 0.2) is 36.7 Å². The number of ether oxygens (including phenoxy) is 3. The van der Waals surface area contributed by atoms with Crippen molar-refractivity contribution in [2.24, 2.45) is 0 Å². The number of aromatic hydroxyl groups is 1. The van der Waals surface area contributed by atoms with Crippen molar-refractivity contribution in [3.63, 3.8) is 0 Å². The van der Waals surface area contributed by atoms with Gasteiger partial charge < -0.3 is 19.3 Å². The number of halogens is 1. The molecule has 0 aliphatic carbocycles. The van der Waals surface area contributed by atoms with Crippen LogP contribution < -0.4 is 14.2 Å². The monoisotopic (exact) mass is 332 g/mol. The lowest BCUT2D eigenvalue weighted by atomic mass is 10.2. The number of phenols is 1. The highest BCUT2D eigenvalue weighted by atomic mass is 35.5. The van der Waals surface area contributed by atoms with Gasteiger partial charge in [-0.15, -0.1) is 0 Å². The predicted octanol–water partition coefficient (Wildman–Crippen LogP) is 3.80. The minimum atomic E-state index is -0.0678. The zero-order chi connectivity index (χ0) is 16.4. The molecule has 3 aromatic rings. The predicted molar refractivity (Wildman–Crippen MR) is 85.8 cm³/mol. The number of benzene rings is 2. The highest BCUT2D eigenvalue weighted by Gasteiger charge is 2.14. The lowest BCUT2D eigenvalue weighted by Crippen LogP contribution is -1.95. The van der Waals surface area contributed by atoms with E-state index in [-0.39, 0.29) is 10.8 Å². The highest BCUT2D eigenvalue weighted by molar-refractivity contribution is 6.33. The first-order chi connectivity index (χ1) is 11.1. The Labute approximate surface area is 137 Å². The van der Waals surface area contributed by atoms with Crippen LogP contribution in [0.2, 0.25) is 5.02 Å². The van der Waals surface area contributed by atoms with Gasteiger partial charge in [0.2, 0.25) is 5.88 Å². The average Bonchev–Trinajstić information content (AvgIpc) is 2.58. The van der Waals surface area contributed by atoms with Gasteiger partial charge in [-0.25, -0.2) is 9.97 Å². The number of aromatic nitrogens is 2. The van der Waals surface area contributed by atoms with Gasteiger partial charge in [0.05, 0.1) is 25.1 Å². The Balaban J connectivity index is 2.12. The molecule has 1 aromatic heterocycles. The molecule has 1 N–H and O–H groups in total. The van der Waals surface area contributed by atoms with Crippen molar-refractivity contribution in [2.75, 3.05) is 14.2 Å². The van der Waals surface area contributed by atoms with Crippen LogP contribution in [0.3, 0.4) is 0 Å². The molecule has 2 aromatic carbocycles. The van der Waals surface area contributed by atoms with Gasteiger partial charge in [-0.2, -0.15) is 0 Å². The molecule has 0 unspecified atom stereocenters. The summed E-state index contributed by atoms with van der Waals surface area (Å²) < 4.78 is 16.3. The Hall–Kier alpha value is -2.73. The number of hydrogen-bond donors (Lipinski definition) is 1. The van der Waals surface area contributed by atoms with Crippen LogP contribution in [0.25, 0.3) is 10.9 Å². The van der Waals surface area contributed by atoms with E-state index in [9.17, 15) is 5.11 Å². The van der Waals surface area contributed by atoms with E-state index < -0.39 is 0 Å². The maximum absolute atomic E-state index is 9.66. The Bertz CT molecular complexity index is 870. The molecule has 118 valence electrons. The quantitative estimate of drug-likeness (QED) is 0.783. The van der Waals surface area contributed by atoms with Gasteiger partial charge in [-0.1, -0.05) is 17.7 Å². The maximum Gasteiger partial charge on any atom is 0.230 e. The number of hydrogen-bond acceptors (Lipinski definition) is 6. The molecule has 6 nitrogen and oxygen atoms in total. The summed E-state index contributed by atoms with van der Waals surface area (Å²) in [6.07, 6.45) is 1.38. The Morgan fingerprint density at radius 3 is 2.48 bits per heavy atom. The lowest BCUT2D eigenvalue weighted by Gasteiger charge is -2.12. The first-order valence-corrected chi connectivity index (χ1v) is 7.04. The number of nitrogens with zero attached hydrogens (tertiary/aromatic N) is 2. The standard InChI is InChI=1S/C16H13ClN2O4/c1-21-13-6-9-10(7-14(13)22-2)18-8-19-16(9)23-12-5-3-4-11(20)15(12)17/h3-8,20H,1-2H3. The fourth-order valence-electron chi connectivity index (χ4n) is 2.12. The molecule has 0 amide bonds. The van der Waals surface area contributed by atoms with Gasteiger partial charge in [-0.3, -0.25) is 0 Å². The van der Waals surface area contributed by atoms with E-state index in [2.05, 4.69) is 9.97 Å². The van der Waals surface area contributed by atoms with Crippen molar-refractivity contribution < 1.29 is 19.3 Å². The van der Waals surface area contributed by atoms with E-state index in [0.717, 1.165) is 0 Å². The largest absolute Gasteiger partial charge is 0.506 e. The van der Waals surface area contributed by atoms with Gasteiger partial charge in [0.15, 0.2) is 17.2 Å². The van der Waals surface area contributed by atoms with Crippen LogP contribution in [-0.4, -0.2) is 29.3 Å². The smallest absolute Gasteiger partial charge is 0.230 e. The molecule has 0 aliphatic heterocycles. The minimum Gasteiger partial charge on any atom is -0.506 e. The van der Waals surface area contributed by atoms with Crippen molar-refractivity contribution in [3.05, 3.63) is 41.7 Å². The van der Waals surface area contributed by atoms with Crippen molar-refractivity contribution in [3.8, 4) is 28.9 Å². The van der Waals surface area contributed by atoms with Crippen LogP contribution in [0.1, 0.15) is 0 Å². The summed E-state index contributed by atoms with van der Waals surface area (Å²) in [5.74, 6) is 1.60. The van der Waals surface area contributed by atoms with Crippen LogP contribution in [-0.2, 0) is 0 Å². The van der Waals surface area contributed by atoms with E-state index >= 15 is 0 Å². The molecular formula is C16H13ClN2O4. The minimum absolute atomic E-state index is 0.0678. The van der Waals surface area contributed by atoms with E-state index in [1.165, 1.54) is 12.4 Å². The third kappa shape index (κ3) is 2.80. The molecule has 0 fully saturated rings. The number of methoxy groups -OCH3 is 2. The molecule has 1 heterocycles. The average molecular weight is 333 g/mol. The summed E-state index contributed by atoms with van der Waals surface area (Å²) in [6, 6.07) is 8.19. The van der Waals surface area contributed by atoms with Gasteiger partial charge in [0.1, 0.15) is 17.1 Å². The second kappa shape index (κ2) is 6.18. The number of fused-ring (bicyclic) bond motifs is 1. The molecule has 0 bridgehead atoms. The normalized spacial score (nSPS) is 10.6. The second-order valence-corrected chi connectivity index (χ2v) is 4.97. The van der Waals surface area contributed by atoms with E-state index in [4.69, 9.17) is 25.8 Å². The van der Waals surface area contributed by atoms with Gasteiger partial charge >= 0.3 is 0 Å². The Morgan fingerprint density at radius 2 is 1.74 bits per heavy atom. The summed E-state index contributed by atoms with van der Waals surface area (Å²) in [5.41, 5.74) is 0.629.